The first-order chi connectivity index (χ1) is 9.96. The Bertz CT molecular complexity index is 762. The van der Waals surface area contributed by atoms with E-state index in [2.05, 4.69) is 4.98 Å². The molecular weight excluding hydrogens is 288 g/mol. The van der Waals surface area contributed by atoms with Gasteiger partial charge in [0.2, 0.25) is 10.0 Å². The van der Waals surface area contributed by atoms with Crippen LogP contribution < -0.4 is 0 Å². The van der Waals surface area contributed by atoms with Gasteiger partial charge in [0.15, 0.2) is 0 Å². The fraction of sp³-hybridized carbons (Fsp3) is 0.400. The Morgan fingerprint density at radius 3 is 2.76 bits per heavy atom. The molecule has 5 nitrogen and oxygen atoms in total. The highest BCUT2D eigenvalue weighted by Gasteiger charge is 2.46. The number of fused-ring (bicyclic) bond motifs is 1. The van der Waals surface area contributed by atoms with E-state index in [0.29, 0.717) is 17.3 Å². The number of hydrogen-bond donors (Lipinski definition) is 1. The first-order valence-electron chi connectivity index (χ1n) is 7.03. The van der Waals surface area contributed by atoms with E-state index in [1.807, 2.05) is 6.92 Å². The van der Waals surface area contributed by atoms with E-state index in [9.17, 15) is 13.5 Å². The van der Waals surface area contributed by atoms with Crippen LogP contribution in [0.1, 0.15) is 19.8 Å². The molecule has 2 aromatic rings. The van der Waals surface area contributed by atoms with Gasteiger partial charge in [-0.3, -0.25) is 4.98 Å². The van der Waals surface area contributed by atoms with Crippen molar-refractivity contribution in [2.75, 3.05) is 13.1 Å². The van der Waals surface area contributed by atoms with Gasteiger partial charge >= 0.3 is 0 Å². The SMILES string of the molecule is CCCC1(O)CN(S(=O)(=O)c2cccc3ncccc23)C1. The quantitative estimate of drug-likeness (QED) is 0.934. The second-order valence-corrected chi connectivity index (χ2v) is 7.48. The summed E-state index contributed by atoms with van der Waals surface area (Å²) in [5.41, 5.74) is -0.215. The molecule has 2 heterocycles. The summed E-state index contributed by atoms with van der Waals surface area (Å²) in [6.07, 6.45) is 3.10. The van der Waals surface area contributed by atoms with Crippen molar-refractivity contribution in [3.8, 4) is 0 Å². The number of hydrogen-bond acceptors (Lipinski definition) is 4. The lowest BCUT2D eigenvalue weighted by Crippen LogP contribution is -2.63. The second-order valence-electron chi connectivity index (χ2n) is 5.57. The van der Waals surface area contributed by atoms with Crippen molar-refractivity contribution in [3.63, 3.8) is 0 Å². The number of pyridine rings is 1. The van der Waals surface area contributed by atoms with Gasteiger partial charge in [-0.25, -0.2) is 8.42 Å². The summed E-state index contributed by atoms with van der Waals surface area (Å²) in [7, 11) is -3.58. The van der Waals surface area contributed by atoms with Crippen molar-refractivity contribution in [2.24, 2.45) is 0 Å². The van der Waals surface area contributed by atoms with E-state index in [0.717, 1.165) is 6.42 Å². The highest BCUT2D eigenvalue weighted by Crippen LogP contribution is 2.33. The summed E-state index contributed by atoms with van der Waals surface area (Å²) < 4.78 is 26.8. The zero-order valence-electron chi connectivity index (χ0n) is 11.9. The van der Waals surface area contributed by atoms with Crippen LogP contribution >= 0.6 is 0 Å². The minimum absolute atomic E-state index is 0.166. The Kier molecular flexibility index (Phi) is 3.47. The summed E-state index contributed by atoms with van der Waals surface area (Å²) >= 11 is 0. The fourth-order valence-electron chi connectivity index (χ4n) is 2.84. The number of aromatic nitrogens is 1. The Balaban J connectivity index is 1.96. The summed E-state index contributed by atoms with van der Waals surface area (Å²) in [5.74, 6) is 0. The van der Waals surface area contributed by atoms with Crippen molar-refractivity contribution < 1.29 is 13.5 Å². The van der Waals surface area contributed by atoms with E-state index in [1.54, 1.807) is 36.5 Å². The fourth-order valence-corrected chi connectivity index (χ4v) is 4.64. The molecule has 21 heavy (non-hydrogen) atoms. The van der Waals surface area contributed by atoms with Gasteiger partial charge in [0, 0.05) is 24.7 Å². The Morgan fingerprint density at radius 1 is 1.29 bits per heavy atom. The maximum absolute atomic E-state index is 12.7. The molecule has 112 valence electrons. The van der Waals surface area contributed by atoms with Crippen molar-refractivity contribution in [1.82, 2.24) is 9.29 Å². The standard InChI is InChI=1S/C15H18N2O3S/c1-2-8-15(18)10-17(11-15)21(19,20)14-7-3-6-13-12(14)5-4-9-16-13/h3-7,9,18H,2,8,10-11H2,1H3. The predicted molar refractivity (Wildman–Crippen MR) is 80.4 cm³/mol. The number of aliphatic hydroxyl groups is 1. The maximum Gasteiger partial charge on any atom is 0.243 e. The van der Waals surface area contributed by atoms with E-state index in [4.69, 9.17) is 0 Å². The van der Waals surface area contributed by atoms with Gasteiger partial charge in [0.25, 0.3) is 0 Å². The molecule has 6 heteroatoms. The van der Waals surface area contributed by atoms with Gasteiger partial charge in [-0.15, -0.1) is 0 Å². The molecule has 0 bridgehead atoms. The monoisotopic (exact) mass is 306 g/mol. The van der Waals surface area contributed by atoms with E-state index < -0.39 is 15.6 Å². The molecule has 3 rings (SSSR count). The number of nitrogens with zero attached hydrogens (tertiary/aromatic N) is 2. The van der Waals surface area contributed by atoms with Crippen molar-refractivity contribution in [3.05, 3.63) is 36.5 Å². The number of rotatable bonds is 4. The van der Waals surface area contributed by atoms with Gasteiger partial charge < -0.3 is 5.11 Å². The zero-order valence-corrected chi connectivity index (χ0v) is 12.7. The number of benzene rings is 1. The number of sulfonamides is 1. The molecule has 1 N–H and O–H groups in total. The molecule has 1 aliphatic rings. The summed E-state index contributed by atoms with van der Waals surface area (Å²) in [6, 6.07) is 8.56. The van der Waals surface area contributed by atoms with Crippen molar-refractivity contribution in [1.29, 1.82) is 0 Å². The van der Waals surface area contributed by atoms with Crippen LogP contribution in [0.2, 0.25) is 0 Å². The minimum atomic E-state index is -3.58. The lowest BCUT2D eigenvalue weighted by atomic mass is 9.92. The second kappa shape index (κ2) is 5.05. The molecule has 0 unspecified atom stereocenters. The van der Waals surface area contributed by atoms with Gasteiger partial charge in [0.05, 0.1) is 16.0 Å². The first-order valence-corrected chi connectivity index (χ1v) is 8.47. The van der Waals surface area contributed by atoms with Gasteiger partial charge in [-0.1, -0.05) is 19.4 Å². The average Bonchev–Trinajstić information content (AvgIpc) is 2.44. The lowest BCUT2D eigenvalue weighted by molar-refractivity contribution is -0.0653. The third-order valence-corrected chi connectivity index (χ3v) is 5.73. The lowest BCUT2D eigenvalue weighted by Gasteiger charge is -2.45. The predicted octanol–water partition coefficient (Wildman–Crippen LogP) is 1.77. The molecule has 0 radical (unpaired) electrons. The van der Waals surface area contributed by atoms with Crippen LogP contribution in [0, 0.1) is 0 Å². The van der Waals surface area contributed by atoms with Gasteiger partial charge in [-0.2, -0.15) is 4.31 Å². The average molecular weight is 306 g/mol. The normalized spacial score (nSPS) is 18.6. The van der Waals surface area contributed by atoms with Crippen LogP contribution in [0.3, 0.4) is 0 Å². The molecule has 1 saturated heterocycles. The molecule has 0 aliphatic carbocycles. The molecule has 1 fully saturated rings. The smallest absolute Gasteiger partial charge is 0.243 e. The zero-order chi connectivity index (χ0) is 15.1. The minimum Gasteiger partial charge on any atom is -0.387 e. The summed E-state index contributed by atoms with van der Waals surface area (Å²) in [6.45, 7) is 2.31. The maximum atomic E-state index is 12.7. The third kappa shape index (κ3) is 2.43. The summed E-state index contributed by atoms with van der Waals surface area (Å²) in [4.78, 5) is 4.44. The third-order valence-electron chi connectivity index (χ3n) is 3.88. The molecule has 1 aromatic heterocycles. The molecule has 0 amide bonds. The van der Waals surface area contributed by atoms with Gasteiger partial charge in [-0.05, 0) is 30.7 Å². The van der Waals surface area contributed by atoms with Crippen LogP contribution in [-0.2, 0) is 10.0 Å². The van der Waals surface area contributed by atoms with Crippen LogP contribution in [-0.4, -0.2) is 41.5 Å². The highest BCUT2D eigenvalue weighted by molar-refractivity contribution is 7.89. The van der Waals surface area contributed by atoms with Crippen molar-refractivity contribution >= 4 is 20.9 Å². The molecule has 1 aliphatic heterocycles. The van der Waals surface area contributed by atoms with Crippen LogP contribution in [0.15, 0.2) is 41.4 Å². The topological polar surface area (TPSA) is 70.5 Å². The highest BCUT2D eigenvalue weighted by atomic mass is 32.2. The largest absolute Gasteiger partial charge is 0.387 e. The van der Waals surface area contributed by atoms with Crippen LogP contribution in [0.4, 0.5) is 0 Å². The van der Waals surface area contributed by atoms with E-state index in [1.165, 1.54) is 4.31 Å². The Labute approximate surface area is 124 Å². The number of β-amino-alcohol motifs (C(OH)–C–C–N with tert-alkyl or cyclic N) is 1. The molecule has 0 atom stereocenters. The van der Waals surface area contributed by atoms with Crippen molar-refractivity contribution in [2.45, 2.75) is 30.3 Å². The van der Waals surface area contributed by atoms with E-state index >= 15 is 0 Å². The van der Waals surface area contributed by atoms with Crippen LogP contribution in [0.5, 0.6) is 0 Å². The van der Waals surface area contributed by atoms with E-state index in [-0.39, 0.29) is 18.0 Å². The summed E-state index contributed by atoms with van der Waals surface area (Å²) in [5, 5.41) is 10.8. The Hall–Kier alpha value is -1.50. The molecular formula is C15H18N2O3S. The van der Waals surface area contributed by atoms with Gasteiger partial charge in [0.1, 0.15) is 0 Å². The Morgan fingerprint density at radius 2 is 2.05 bits per heavy atom. The van der Waals surface area contributed by atoms with Crippen LogP contribution in [0.25, 0.3) is 10.9 Å². The molecule has 0 saturated carbocycles. The first kappa shape index (κ1) is 14.4. The molecule has 0 spiro atoms. The molecule has 1 aromatic carbocycles.